The van der Waals surface area contributed by atoms with Crippen molar-refractivity contribution in [1.29, 1.82) is 0 Å². The third-order valence-electron chi connectivity index (χ3n) is 5.13. The van der Waals surface area contributed by atoms with E-state index in [-0.39, 0.29) is 12.0 Å². The van der Waals surface area contributed by atoms with E-state index >= 15 is 0 Å². The summed E-state index contributed by atoms with van der Waals surface area (Å²) in [5.41, 5.74) is 0. The lowest BCUT2D eigenvalue weighted by Crippen LogP contribution is -2.35. The topological polar surface area (TPSA) is 81.5 Å². The van der Waals surface area contributed by atoms with Gasteiger partial charge in [-0.2, -0.15) is 0 Å². The smallest absolute Gasteiger partial charge is 0.230 e. The Bertz CT molecular complexity index is 598. The molecule has 0 aromatic carbocycles. The molecule has 2 saturated heterocycles. The summed E-state index contributed by atoms with van der Waals surface area (Å²) in [5.74, 6) is 1.99. The second-order valence-corrected chi connectivity index (χ2v) is 8.27. The van der Waals surface area contributed by atoms with E-state index in [0.717, 1.165) is 56.1 Å². The predicted octanol–water partition coefficient (Wildman–Crippen LogP) is 1.55. The van der Waals surface area contributed by atoms with E-state index in [1.54, 1.807) is 7.11 Å². The molecule has 1 unspecified atom stereocenters. The third kappa shape index (κ3) is 5.83. The molecular formula is C18H31N5O3S. The van der Waals surface area contributed by atoms with Gasteiger partial charge in [0.2, 0.25) is 11.9 Å². The second kappa shape index (κ2) is 10.3. The molecule has 152 valence electrons. The number of methoxy groups -OCH3 is 1. The van der Waals surface area contributed by atoms with E-state index in [1.807, 2.05) is 0 Å². The van der Waals surface area contributed by atoms with Crippen molar-refractivity contribution in [2.45, 2.75) is 50.4 Å². The maximum absolute atomic E-state index is 12.0. The number of anilines is 1. The van der Waals surface area contributed by atoms with Crippen molar-refractivity contribution in [3.8, 4) is 0 Å². The Hall–Kier alpha value is -1.32. The summed E-state index contributed by atoms with van der Waals surface area (Å²) in [5, 5.41) is 12.5. The summed E-state index contributed by atoms with van der Waals surface area (Å²) >= 11 is 1.44. The Balaban J connectivity index is 1.65. The standard InChI is InChI=1S/C18H31N5O3S/c1-14-5-8-22(9-6-14)17-20-21-18(23(17)12-15-4-3-10-26-15)27-13-16(24)19-7-11-25-2/h14-15H,3-13H2,1-2H3,(H,19,24). The van der Waals surface area contributed by atoms with Crippen LogP contribution in [0.5, 0.6) is 0 Å². The highest BCUT2D eigenvalue weighted by molar-refractivity contribution is 7.99. The minimum Gasteiger partial charge on any atom is -0.383 e. The summed E-state index contributed by atoms with van der Waals surface area (Å²) in [7, 11) is 1.62. The van der Waals surface area contributed by atoms with Crippen LogP contribution >= 0.6 is 11.8 Å². The Labute approximate surface area is 165 Å². The van der Waals surface area contributed by atoms with Crippen molar-refractivity contribution in [2.75, 3.05) is 50.6 Å². The Morgan fingerprint density at radius 1 is 1.33 bits per heavy atom. The van der Waals surface area contributed by atoms with E-state index in [1.165, 1.54) is 24.6 Å². The predicted molar refractivity (Wildman–Crippen MR) is 105 cm³/mol. The van der Waals surface area contributed by atoms with Crippen molar-refractivity contribution in [2.24, 2.45) is 5.92 Å². The van der Waals surface area contributed by atoms with Gasteiger partial charge in [0.25, 0.3) is 0 Å². The van der Waals surface area contributed by atoms with Gasteiger partial charge < -0.3 is 19.7 Å². The van der Waals surface area contributed by atoms with Crippen LogP contribution in [0.15, 0.2) is 5.16 Å². The molecule has 27 heavy (non-hydrogen) atoms. The van der Waals surface area contributed by atoms with Crippen LogP contribution in [0.2, 0.25) is 0 Å². The third-order valence-corrected chi connectivity index (χ3v) is 6.10. The van der Waals surface area contributed by atoms with Gasteiger partial charge in [-0.3, -0.25) is 9.36 Å². The fourth-order valence-electron chi connectivity index (χ4n) is 3.46. The van der Waals surface area contributed by atoms with Crippen molar-refractivity contribution in [3.63, 3.8) is 0 Å². The number of piperidine rings is 1. The molecule has 3 rings (SSSR count). The molecule has 3 heterocycles. The molecule has 1 atom stereocenters. The van der Waals surface area contributed by atoms with Crippen LogP contribution in [-0.4, -0.2) is 72.5 Å². The summed E-state index contributed by atoms with van der Waals surface area (Å²) < 4.78 is 12.9. The Morgan fingerprint density at radius 3 is 2.85 bits per heavy atom. The zero-order chi connectivity index (χ0) is 19.1. The SMILES string of the molecule is COCCNC(=O)CSc1nnc(N2CCC(C)CC2)n1CC1CCCO1. The number of nitrogens with zero attached hydrogens (tertiary/aromatic N) is 4. The number of aromatic nitrogens is 3. The molecule has 0 spiro atoms. The lowest BCUT2D eigenvalue weighted by atomic mass is 10.00. The van der Waals surface area contributed by atoms with Crippen LogP contribution in [0.25, 0.3) is 0 Å². The number of hydrogen-bond donors (Lipinski definition) is 1. The summed E-state index contributed by atoms with van der Waals surface area (Å²) in [4.78, 5) is 14.3. The molecule has 2 aliphatic heterocycles. The molecule has 0 aliphatic carbocycles. The summed E-state index contributed by atoms with van der Waals surface area (Å²) in [6.45, 7) is 6.94. The molecule has 1 aromatic rings. The fraction of sp³-hybridized carbons (Fsp3) is 0.833. The maximum atomic E-state index is 12.0. The van der Waals surface area contributed by atoms with Crippen molar-refractivity contribution >= 4 is 23.6 Å². The average molecular weight is 398 g/mol. The van der Waals surface area contributed by atoms with Gasteiger partial charge in [-0.25, -0.2) is 0 Å². The number of carbonyl (C=O) groups excluding carboxylic acids is 1. The van der Waals surface area contributed by atoms with Gasteiger partial charge in [-0.15, -0.1) is 10.2 Å². The molecule has 0 saturated carbocycles. The molecule has 1 N–H and O–H groups in total. The minimum absolute atomic E-state index is 0.0166. The quantitative estimate of drug-likeness (QED) is 0.500. The highest BCUT2D eigenvalue weighted by Crippen LogP contribution is 2.27. The van der Waals surface area contributed by atoms with Crippen molar-refractivity contribution in [1.82, 2.24) is 20.1 Å². The zero-order valence-electron chi connectivity index (χ0n) is 16.4. The lowest BCUT2D eigenvalue weighted by Gasteiger charge is -2.31. The first-order valence-electron chi connectivity index (χ1n) is 9.85. The van der Waals surface area contributed by atoms with Gasteiger partial charge in [-0.1, -0.05) is 18.7 Å². The van der Waals surface area contributed by atoms with Crippen molar-refractivity contribution in [3.05, 3.63) is 0 Å². The molecule has 1 aromatic heterocycles. The molecule has 2 fully saturated rings. The maximum Gasteiger partial charge on any atom is 0.230 e. The molecule has 2 aliphatic rings. The zero-order valence-corrected chi connectivity index (χ0v) is 17.2. The van der Waals surface area contributed by atoms with Crippen LogP contribution in [0, 0.1) is 5.92 Å². The van der Waals surface area contributed by atoms with Crippen molar-refractivity contribution < 1.29 is 14.3 Å². The number of rotatable bonds is 9. The van der Waals surface area contributed by atoms with Crippen LogP contribution in [0.4, 0.5) is 5.95 Å². The molecular weight excluding hydrogens is 366 g/mol. The van der Waals surface area contributed by atoms with Gasteiger partial charge >= 0.3 is 0 Å². The highest BCUT2D eigenvalue weighted by Gasteiger charge is 2.26. The lowest BCUT2D eigenvalue weighted by molar-refractivity contribution is -0.118. The number of hydrogen-bond acceptors (Lipinski definition) is 7. The summed E-state index contributed by atoms with van der Waals surface area (Å²) in [6.07, 6.45) is 4.73. The van der Waals surface area contributed by atoms with E-state index < -0.39 is 0 Å². The molecule has 0 radical (unpaired) electrons. The van der Waals surface area contributed by atoms with E-state index in [2.05, 4.69) is 31.9 Å². The minimum atomic E-state index is -0.0166. The summed E-state index contributed by atoms with van der Waals surface area (Å²) in [6, 6.07) is 0. The molecule has 1 amide bonds. The highest BCUT2D eigenvalue weighted by atomic mass is 32.2. The first-order valence-corrected chi connectivity index (χ1v) is 10.8. The Morgan fingerprint density at radius 2 is 2.15 bits per heavy atom. The number of amides is 1. The van der Waals surface area contributed by atoms with Gasteiger partial charge in [0.15, 0.2) is 5.16 Å². The number of thioether (sulfide) groups is 1. The van der Waals surface area contributed by atoms with Crippen LogP contribution in [0.3, 0.4) is 0 Å². The second-order valence-electron chi connectivity index (χ2n) is 7.33. The number of carbonyl (C=O) groups is 1. The van der Waals surface area contributed by atoms with Crippen LogP contribution in [0.1, 0.15) is 32.6 Å². The molecule has 8 nitrogen and oxygen atoms in total. The monoisotopic (exact) mass is 397 g/mol. The normalized spacial score (nSPS) is 21.0. The van der Waals surface area contributed by atoms with E-state index in [4.69, 9.17) is 9.47 Å². The van der Waals surface area contributed by atoms with Gasteiger partial charge in [0.05, 0.1) is 25.0 Å². The van der Waals surface area contributed by atoms with Gasteiger partial charge in [0.1, 0.15) is 0 Å². The first-order chi connectivity index (χ1) is 13.2. The van der Waals surface area contributed by atoms with E-state index in [0.29, 0.717) is 18.9 Å². The van der Waals surface area contributed by atoms with E-state index in [9.17, 15) is 4.79 Å². The van der Waals surface area contributed by atoms with Gasteiger partial charge in [0, 0.05) is 33.4 Å². The number of nitrogens with one attached hydrogen (secondary N) is 1. The van der Waals surface area contributed by atoms with Crippen LogP contribution < -0.4 is 10.2 Å². The van der Waals surface area contributed by atoms with Crippen LogP contribution in [-0.2, 0) is 20.8 Å². The number of ether oxygens (including phenoxy) is 2. The fourth-order valence-corrected chi connectivity index (χ4v) is 4.23. The molecule has 0 bridgehead atoms. The largest absolute Gasteiger partial charge is 0.383 e. The molecule has 9 heteroatoms. The first kappa shape index (κ1) is 20.4. The van der Waals surface area contributed by atoms with Gasteiger partial charge in [-0.05, 0) is 31.6 Å². The Kier molecular flexibility index (Phi) is 7.78. The average Bonchev–Trinajstić information content (AvgIpc) is 3.32.